The van der Waals surface area contributed by atoms with Crippen LogP contribution in [0.25, 0.3) is 0 Å². The highest BCUT2D eigenvalue weighted by Crippen LogP contribution is 2.29. The average Bonchev–Trinajstić information content (AvgIpc) is 3.00. The van der Waals surface area contributed by atoms with Crippen LogP contribution in [-0.4, -0.2) is 30.0 Å². The van der Waals surface area contributed by atoms with E-state index < -0.39 is 5.97 Å². The zero-order chi connectivity index (χ0) is 19.1. The zero-order valence-electron chi connectivity index (χ0n) is 15.3. The summed E-state index contributed by atoms with van der Waals surface area (Å²) in [5.41, 5.74) is 1.17. The van der Waals surface area contributed by atoms with Crippen molar-refractivity contribution in [3.8, 4) is 0 Å². The Morgan fingerprint density at radius 1 is 1.27 bits per heavy atom. The Bertz CT molecular complexity index is 776. The van der Waals surface area contributed by atoms with E-state index in [0.29, 0.717) is 34.4 Å². The van der Waals surface area contributed by atoms with Crippen molar-refractivity contribution in [2.45, 2.75) is 40.0 Å². The van der Waals surface area contributed by atoms with E-state index in [1.807, 2.05) is 12.1 Å². The lowest BCUT2D eigenvalue weighted by molar-refractivity contribution is 0.0531. The van der Waals surface area contributed by atoms with Crippen molar-refractivity contribution < 1.29 is 14.3 Å². The topological polar surface area (TPSA) is 59.5 Å². The van der Waals surface area contributed by atoms with Crippen molar-refractivity contribution in [3.63, 3.8) is 0 Å². The second-order valence-electron chi connectivity index (χ2n) is 5.81. The second-order valence-corrected chi connectivity index (χ2v) is 7.70. The summed E-state index contributed by atoms with van der Waals surface area (Å²) >= 11 is 4.62. The number of unbranched alkanes of at least 4 members (excludes halogenated alkanes) is 2. The van der Waals surface area contributed by atoms with Gasteiger partial charge in [-0.25, -0.2) is 9.78 Å². The molecule has 0 spiro atoms. The second kappa shape index (κ2) is 9.83. The van der Waals surface area contributed by atoms with Crippen LogP contribution in [0.2, 0.25) is 0 Å². The minimum atomic E-state index is -0.392. The predicted octanol–water partition coefficient (Wildman–Crippen LogP) is 5.23. The minimum absolute atomic E-state index is 0.119. The fraction of sp³-hybridized carbons (Fsp3) is 0.421. The van der Waals surface area contributed by atoms with Gasteiger partial charge in [0.05, 0.1) is 12.3 Å². The summed E-state index contributed by atoms with van der Waals surface area (Å²) in [7, 11) is 0. The van der Waals surface area contributed by atoms with Crippen LogP contribution in [0.1, 0.15) is 58.8 Å². The summed E-state index contributed by atoms with van der Waals surface area (Å²) < 4.78 is 5.93. The Morgan fingerprint density at radius 2 is 2.04 bits per heavy atom. The highest BCUT2D eigenvalue weighted by atomic mass is 79.9. The lowest BCUT2D eigenvalue weighted by atomic mass is 10.2. The van der Waals surface area contributed by atoms with Gasteiger partial charge < -0.3 is 4.74 Å². The van der Waals surface area contributed by atoms with E-state index in [4.69, 9.17) is 4.74 Å². The number of halogens is 1. The van der Waals surface area contributed by atoms with Crippen LogP contribution in [0.15, 0.2) is 28.7 Å². The van der Waals surface area contributed by atoms with Crippen molar-refractivity contribution in [1.29, 1.82) is 0 Å². The normalized spacial score (nSPS) is 10.6. The molecule has 0 saturated heterocycles. The molecule has 0 aliphatic carbocycles. The molecule has 0 aliphatic heterocycles. The van der Waals surface area contributed by atoms with E-state index >= 15 is 0 Å². The number of rotatable bonds is 8. The molecule has 0 N–H and O–H groups in total. The number of aromatic nitrogens is 1. The molecule has 26 heavy (non-hydrogen) atoms. The number of ether oxygens (including phenoxy) is 1. The summed E-state index contributed by atoms with van der Waals surface area (Å²) in [6.07, 6.45) is 2.96. The van der Waals surface area contributed by atoms with Crippen LogP contribution in [0.5, 0.6) is 0 Å². The first kappa shape index (κ1) is 20.6. The number of carbonyl (C=O) groups excluding carboxylic acids is 2. The Balaban J connectivity index is 2.34. The summed E-state index contributed by atoms with van der Waals surface area (Å²) in [6.45, 7) is 6.52. The molecule has 0 saturated carbocycles. The number of hydrogen-bond acceptors (Lipinski definition) is 5. The fourth-order valence-corrected chi connectivity index (χ4v) is 3.85. The number of nitrogens with zero attached hydrogens (tertiary/aromatic N) is 2. The molecular weight excluding hydrogens is 416 g/mol. The first-order valence-electron chi connectivity index (χ1n) is 8.69. The van der Waals surface area contributed by atoms with Crippen molar-refractivity contribution in [1.82, 2.24) is 4.98 Å². The minimum Gasteiger partial charge on any atom is -0.462 e. The van der Waals surface area contributed by atoms with Gasteiger partial charge in [-0.2, -0.15) is 0 Å². The molecule has 1 amide bonds. The molecule has 2 aromatic rings. The van der Waals surface area contributed by atoms with Crippen LogP contribution in [0.3, 0.4) is 0 Å². The third-order valence-electron chi connectivity index (χ3n) is 3.78. The zero-order valence-corrected chi connectivity index (χ0v) is 17.7. The molecule has 0 fully saturated rings. The van der Waals surface area contributed by atoms with Gasteiger partial charge in [-0.15, -0.1) is 0 Å². The molecule has 0 aliphatic rings. The average molecular weight is 439 g/mol. The van der Waals surface area contributed by atoms with Crippen LogP contribution in [-0.2, 0) is 4.74 Å². The van der Waals surface area contributed by atoms with E-state index in [-0.39, 0.29) is 5.91 Å². The van der Waals surface area contributed by atoms with E-state index in [1.54, 1.807) is 30.9 Å². The summed E-state index contributed by atoms with van der Waals surface area (Å²) in [6, 6.07) is 7.29. The van der Waals surface area contributed by atoms with Gasteiger partial charge in [0.15, 0.2) is 5.13 Å². The quantitative estimate of drug-likeness (QED) is 0.418. The Labute approximate surface area is 166 Å². The number of aryl methyl sites for hydroxylation is 1. The number of carbonyl (C=O) groups is 2. The van der Waals surface area contributed by atoms with Gasteiger partial charge in [0.25, 0.3) is 5.91 Å². The largest absolute Gasteiger partial charge is 0.462 e. The monoisotopic (exact) mass is 438 g/mol. The molecule has 1 heterocycles. The standard InChI is InChI=1S/C19H23BrN2O3S/c1-4-6-7-11-22(17(23)14-9-8-10-15(20)12-14)19-21-13(3)16(26-19)18(24)25-5-2/h8-10,12H,4-7,11H2,1-3H3. The third kappa shape index (κ3) is 5.14. The van der Waals surface area contributed by atoms with Crippen LogP contribution in [0, 0.1) is 6.92 Å². The van der Waals surface area contributed by atoms with E-state index in [9.17, 15) is 9.59 Å². The number of hydrogen-bond donors (Lipinski definition) is 0. The third-order valence-corrected chi connectivity index (χ3v) is 5.43. The van der Waals surface area contributed by atoms with Gasteiger partial charge in [0, 0.05) is 16.6 Å². The maximum absolute atomic E-state index is 13.1. The summed E-state index contributed by atoms with van der Waals surface area (Å²) in [5.74, 6) is -0.510. The molecule has 7 heteroatoms. The Kier molecular flexibility index (Phi) is 7.78. The first-order chi connectivity index (χ1) is 12.5. The molecule has 2 rings (SSSR count). The number of amides is 1. The molecule has 0 bridgehead atoms. The summed E-state index contributed by atoms with van der Waals surface area (Å²) in [4.78, 5) is 31.7. The molecule has 140 valence electrons. The maximum atomic E-state index is 13.1. The van der Waals surface area contributed by atoms with Crippen molar-refractivity contribution in [2.75, 3.05) is 18.1 Å². The molecule has 1 aromatic carbocycles. The van der Waals surface area contributed by atoms with Crippen molar-refractivity contribution in [3.05, 3.63) is 44.9 Å². The molecule has 0 radical (unpaired) electrons. The van der Waals surface area contributed by atoms with Crippen LogP contribution >= 0.6 is 27.3 Å². The SMILES string of the molecule is CCCCCN(C(=O)c1cccc(Br)c1)c1nc(C)c(C(=O)OCC)s1. The van der Waals surface area contributed by atoms with Gasteiger partial charge in [-0.1, -0.05) is 53.1 Å². The van der Waals surface area contributed by atoms with Gasteiger partial charge >= 0.3 is 5.97 Å². The van der Waals surface area contributed by atoms with Crippen LogP contribution < -0.4 is 4.90 Å². The number of anilines is 1. The van der Waals surface area contributed by atoms with Crippen molar-refractivity contribution >= 4 is 44.3 Å². The van der Waals surface area contributed by atoms with Crippen molar-refractivity contribution in [2.24, 2.45) is 0 Å². The fourth-order valence-electron chi connectivity index (χ4n) is 2.46. The smallest absolute Gasteiger partial charge is 0.350 e. The van der Waals surface area contributed by atoms with E-state index in [2.05, 4.69) is 27.8 Å². The van der Waals surface area contributed by atoms with Gasteiger partial charge in [-0.3, -0.25) is 9.69 Å². The lowest BCUT2D eigenvalue weighted by Crippen LogP contribution is -2.32. The maximum Gasteiger partial charge on any atom is 0.350 e. The van der Waals surface area contributed by atoms with Crippen LogP contribution in [0.4, 0.5) is 5.13 Å². The van der Waals surface area contributed by atoms with Gasteiger partial charge in [0.1, 0.15) is 4.88 Å². The lowest BCUT2D eigenvalue weighted by Gasteiger charge is -2.20. The number of esters is 1. The molecule has 0 unspecified atom stereocenters. The first-order valence-corrected chi connectivity index (χ1v) is 10.3. The highest BCUT2D eigenvalue weighted by Gasteiger charge is 2.24. The molecule has 0 atom stereocenters. The highest BCUT2D eigenvalue weighted by molar-refractivity contribution is 9.10. The molecule has 5 nitrogen and oxygen atoms in total. The number of benzene rings is 1. The Morgan fingerprint density at radius 3 is 2.69 bits per heavy atom. The Hall–Kier alpha value is -1.73. The van der Waals surface area contributed by atoms with Gasteiger partial charge in [-0.05, 0) is 38.5 Å². The number of thiazole rings is 1. The molecular formula is C19H23BrN2O3S. The molecule has 1 aromatic heterocycles. The predicted molar refractivity (Wildman–Crippen MR) is 108 cm³/mol. The van der Waals surface area contributed by atoms with E-state index in [1.165, 1.54) is 11.3 Å². The van der Waals surface area contributed by atoms with Gasteiger partial charge in [0.2, 0.25) is 0 Å². The summed E-state index contributed by atoms with van der Waals surface area (Å²) in [5, 5.41) is 0.534. The van der Waals surface area contributed by atoms with E-state index in [0.717, 1.165) is 23.7 Å².